The molecule has 0 aliphatic carbocycles. The number of thioether (sulfide) groups is 1. The molecule has 1 aromatic carbocycles. The number of carbonyl (C=O) groups is 3. The maximum atomic E-state index is 13.0. The number of aryl methyl sites for hydroxylation is 1. The Balaban J connectivity index is 1.91. The minimum Gasteiger partial charge on any atom is -0.462 e. The van der Waals surface area contributed by atoms with Crippen molar-refractivity contribution in [1.29, 1.82) is 0 Å². The van der Waals surface area contributed by atoms with Crippen molar-refractivity contribution in [3.63, 3.8) is 0 Å². The van der Waals surface area contributed by atoms with Gasteiger partial charge in [0, 0.05) is 9.77 Å². The Morgan fingerprint density at radius 1 is 1.26 bits per heavy atom. The molecule has 0 bridgehead atoms. The van der Waals surface area contributed by atoms with Gasteiger partial charge in [0.15, 0.2) is 4.75 Å². The van der Waals surface area contributed by atoms with Crippen LogP contribution >= 0.6 is 23.1 Å². The molecule has 2 aromatic rings. The van der Waals surface area contributed by atoms with Gasteiger partial charge in [-0.2, -0.15) is 0 Å². The van der Waals surface area contributed by atoms with Crippen molar-refractivity contribution in [1.82, 2.24) is 0 Å². The summed E-state index contributed by atoms with van der Waals surface area (Å²) in [4.78, 5) is 39.7. The first kappa shape index (κ1) is 19.4. The van der Waals surface area contributed by atoms with Crippen LogP contribution in [0.2, 0.25) is 0 Å². The van der Waals surface area contributed by atoms with Crippen LogP contribution in [-0.4, -0.2) is 29.1 Å². The third-order valence-electron chi connectivity index (χ3n) is 4.41. The first-order chi connectivity index (χ1) is 12.8. The summed E-state index contributed by atoms with van der Waals surface area (Å²) in [6.07, 6.45) is 0. The Hall–Kier alpha value is -2.32. The largest absolute Gasteiger partial charge is 0.462 e. The molecule has 2 N–H and O–H groups in total. The Kier molecular flexibility index (Phi) is 5.30. The van der Waals surface area contributed by atoms with Gasteiger partial charge in [-0.1, -0.05) is 23.9 Å². The van der Waals surface area contributed by atoms with Gasteiger partial charge in [-0.3, -0.25) is 9.59 Å². The van der Waals surface area contributed by atoms with Crippen LogP contribution in [0.5, 0.6) is 0 Å². The second-order valence-corrected chi connectivity index (χ2v) is 8.93. The predicted octanol–water partition coefficient (Wildman–Crippen LogP) is 3.98. The summed E-state index contributed by atoms with van der Waals surface area (Å²) in [5, 5.41) is 5.97. The van der Waals surface area contributed by atoms with Gasteiger partial charge in [0.25, 0.3) is 5.91 Å². The zero-order valence-corrected chi connectivity index (χ0v) is 17.1. The lowest BCUT2D eigenvalue weighted by molar-refractivity contribution is -0.126. The van der Waals surface area contributed by atoms with Gasteiger partial charge in [0.1, 0.15) is 5.00 Å². The Bertz CT molecular complexity index is 938. The van der Waals surface area contributed by atoms with E-state index in [0.717, 1.165) is 15.3 Å². The minimum absolute atomic E-state index is 0.243. The molecule has 1 aliphatic rings. The molecule has 2 amide bonds. The number of esters is 1. The fourth-order valence-electron chi connectivity index (χ4n) is 2.70. The molecule has 0 fully saturated rings. The number of thiophene rings is 1. The van der Waals surface area contributed by atoms with Crippen LogP contribution in [0.25, 0.3) is 0 Å². The minimum atomic E-state index is -1.36. The van der Waals surface area contributed by atoms with Crippen LogP contribution in [0, 0.1) is 13.8 Å². The fourth-order valence-corrected chi connectivity index (χ4v) is 4.85. The highest BCUT2D eigenvalue weighted by Gasteiger charge is 2.46. The van der Waals surface area contributed by atoms with Gasteiger partial charge in [-0.05, 0) is 45.4 Å². The molecule has 0 spiro atoms. The van der Waals surface area contributed by atoms with Crippen LogP contribution in [0.15, 0.2) is 29.2 Å². The summed E-state index contributed by atoms with van der Waals surface area (Å²) < 4.78 is 3.76. The molecule has 142 valence electrons. The van der Waals surface area contributed by atoms with Crippen LogP contribution in [0.4, 0.5) is 10.7 Å². The number of rotatable bonds is 4. The second kappa shape index (κ2) is 7.36. The van der Waals surface area contributed by atoms with E-state index in [-0.39, 0.29) is 6.61 Å². The molecule has 1 unspecified atom stereocenters. The van der Waals surface area contributed by atoms with E-state index < -0.39 is 22.5 Å². The van der Waals surface area contributed by atoms with E-state index in [0.29, 0.717) is 16.3 Å². The molecule has 1 atom stereocenters. The zero-order valence-electron chi connectivity index (χ0n) is 15.5. The molecule has 8 heteroatoms. The normalized spacial score (nSPS) is 18.4. The van der Waals surface area contributed by atoms with Gasteiger partial charge >= 0.3 is 5.97 Å². The van der Waals surface area contributed by atoms with Crippen molar-refractivity contribution < 1.29 is 19.1 Å². The van der Waals surface area contributed by atoms with Gasteiger partial charge in [0.05, 0.1) is 17.9 Å². The SMILES string of the molecule is CCOC(=O)c1c(NC(=O)C2(C)Sc3ccccc3NC2=O)sc(C)c1C. The van der Waals surface area contributed by atoms with Crippen LogP contribution in [0.1, 0.15) is 34.6 Å². The van der Waals surface area contributed by atoms with Crippen molar-refractivity contribution in [2.24, 2.45) is 0 Å². The number of fused-ring (bicyclic) bond motifs is 1. The van der Waals surface area contributed by atoms with Crippen LogP contribution < -0.4 is 10.6 Å². The van der Waals surface area contributed by atoms with Crippen LogP contribution in [-0.2, 0) is 14.3 Å². The molecule has 0 saturated heterocycles. The van der Waals surface area contributed by atoms with E-state index in [1.54, 1.807) is 19.9 Å². The van der Waals surface area contributed by atoms with Gasteiger partial charge in [-0.25, -0.2) is 4.79 Å². The van der Waals surface area contributed by atoms with Gasteiger partial charge in [0.2, 0.25) is 5.91 Å². The maximum Gasteiger partial charge on any atom is 0.341 e. The van der Waals surface area contributed by atoms with E-state index in [1.165, 1.54) is 23.1 Å². The molecule has 1 aliphatic heterocycles. The Morgan fingerprint density at radius 3 is 2.67 bits per heavy atom. The van der Waals surface area contributed by atoms with Crippen molar-refractivity contribution in [2.75, 3.05) is 17.2 Å². The lowest BCUT2D eigenvalue weighted by Crippen LogP contribution is -2.49. The highest BCUT2D eigenvalue weighted by molar-refractivity contribution is 8.02. The number of anilines is 2. The van der Waals surface area contributed by atoms with Gasteiger partial charge in [-0.15, -0.1) is 11.3 Å². The summed E-state index contributed by atoms with van der Waals surface area (Å²) in [7, 11) is 0. The Morgan fingerprint density at radius 2 is 1.96 bits per heavy atom. The number of hydrogen-bond acceptors (Lipinski definition) is 6. The third kappa shape index (κ3) is 3.46. The third-order valence-corrected chi connectivity index (χ3v) is 6.89. The molecule has 1 aromatic heterocycles. The fraction of sp³-hybridized carbons (Fsp3) is 0.316. The standard InChI is InChI=1S/C19H20N2O4S2/c1-5-25-16(22)14-10(2)11(3)26-15(14)21-18(24)19(4)17(23)20-12-8-6-7-9-13(12)27-19/h6-9H,5H2,1-4H3,(H,20,23)(H,21,24). The number of benzene rings is 1. The number of para-hydroxylation sites is 1. The molecule has 0 radical (unpaired) electrons. The van der Waals surface area contributed by atoms with E-state index in [1.807, 2.05) is 32.0 Å². The van der Waals surface area contributed by atoms with E-state index in [4.69, 9.17) is 4.74 Å². The smallest absolute Gasteiger partial charge is 0.341 e. The molecule has 3 rings (SSSR count). The molecular formula is C19H20N2O4S2. The topological polar surface area (TPSA) is 84.5 Å². The monoisotopic (exact) mass is 404 g/mol. The summed E-state index contributed by atoms with van der Waals surface area (Å²) in [5.41, 5.74) is 1.80. The number of nitrogens with one attached hydrogen (secondary N) is 2. The quantitative estimate of drug-likeness (QED) is 0.595. The van der Waals surface area contributed by atoms with Crippen molar-refractivity contribution in [3.8, 4) is 0 Å². The van der Waals surface area contributed by atoms with Crippen molar-refractivity contribution >= 4 is 51.6 Å². The number of carbonyl (C=O) groups excluding carboxylic acids is 3. The van der Waals surface area contributed by atoms with E-state index in [2.05, 4.69) is 10.6 Å². The van der Waals surface area contributed by atoms with E-state index >= 15 is 0 Å². The van der Waals surface area contributed by atoms with Crippen molar-refractivity contribution in [3.05, 3.63) is 40.3 Å². The number of hydrogen-bond donors (Lipinski definition) is 2. The highest BCUT2D eigenvalue weighted by atomic mass is 32.2. The number of ether oxygens (including phenoxy) is 1. The first-order valence-electron chi connectivity index (χ1n) is 8.46. The second-order valence-electron chi connectivity index (χ2n) is 6.25. The molecule has 2 heterocycles. The molecule has 6 nitrogen and oxygen atoms in total. The first-order valence-corrected chi connectivity index (χ1v) is 10.1. The van der Waals surface area contributed by atoms with Crippen LogP contribution in [0.3, 0.4) is 0 Å². The summed E-state index contributed by atoms with van der Waals surface area (Å²) in [5.74, 6) is -1.36. The highest BCUT2D eigenvalue weighted by Crippen LogP contribution is 2.43. The average Bonchev–Trinajstić information content (AvgIpc) is 2.90. The van der Waals surface area contributed by atoms with Crippen molar-refractivity contribution in [2.45, 2.75) is 37.3 Å². The summed E-state index contributed by atoms with van der Waals surface area (Å²) in [6.45, 7) is 7.24. The van der Waals surface area contributed by atoms with E-state index in [9.17, 15) is 14.4 Å². The Labute approximate surface area is 165 Å². The molecule has 0 saturated carbocycles. The summed E-state index contributed by atoms with van der Waals surface area (Å²) in [6, 6.07) is 7.33. The predicted molar refractivity (Wildman–Crippen MR) is 108 cm³/mol. The average molecular weight is 405 g/mol. The number of amides is 2. The zero-order chi connectivity index (χ0) is 19.8. The van der Waals surface area contributed by atoms with Gasteiger partial charge < -0.3 is 15.4 Å². The molecule has 27 heavy (non-hydrogen) atoms. The molecular weight excluding hydrogens is 384 g/mol. The maximum absolute atomic E-state index is 13.0. The lowest BCUT2D eigenvalue weighted by atomic mass is 10.1. The lowest BCUT2D eigenvalue weighted by Gasteiger charge is -2.31. The summed E-state index contributed by atoms with van der Waals surface area (Å²) >= 11 is 2.49.